The first-order chi connectivity index (χ1) is 15.2. The molecule has 2 aromatic rings. The van der Waals surface area contributed by atoms with Crippen LogP contribution in [0.4, 0.5) is 10.1 Å². The fourth-order valence-electron chi connectivity index (χ4n) is 4.19. The SMILES string of the molecule is O=C(CN1CCN(C/C=C/c2ccccc2)CC1)N1CCN(c2ccc(F)cc2)CC1. The van der Waals surface area contributed by atoms with Gasteiger partial charge in [-0.25, -0.2) is 4.39 Å². The number of anilines is 1. The van der Waals surface area contributed by atoms with Crippen molar-refractivity contribution in [3.63, 3.8) is 0 Å². The molecule has 0 aliphatic carbocycles. The maximum Gasteiger partial charge on any atom is 0.236 e. The zero-order valence-electron chi connectivity index (χ0n) is 18.0. The Labute approximate surface area is 184 Å². The molecule has 2 heterocycles. The summed E-state index contributed by atoms with van der Waals surface area (Å²) in [7, 11) is 0. The van der Waals surface area contributed by atoms with Crippen LogP contribution in [0.2, 0.25) is 0 Å². The third kappa shape index (κ3) is 6.15. The summed E-state index contributed by atoms with van der Waals surface area (Å²) in [6, 6.07) is 17.0. The van der Waals surface area contributed by atoms with Gasteiger partial charge in [0.1, 0.15) is 5.82 Å². The first-order valence-corrected chi connectivity index (χ1v) is 11.1. The minimum Gasteiger partial charge on any atom is -0.368 e. The molecule has 2 fully saturated rings. The molecule has 2 aliphatic rings. The maximum atomic E-state index is 13.1. The van der Waals surface area contributed by atoms with Gasteiger partial charge in [-0.3, -0.25) is 14.6 Å². The van der Waals surface area contributed by atoms with Gasteiger partial charge < -0.3 is 9.80 Å². The van der Waals surface area contributed by atoms with E-state index in [1.54, 1.807) is 12.1 Å². The van der Waals surface area contributed by atoms with Crippen LogP contribution >= 0.6 is 0 Å². The predicted octanol–water partition coefficient (Wildman–Crippen LogP) is 2.81. The molecule has 0 saturated carbocycles. The van der Waals surface area contributed by atoms with Gasteiger partial charge in [0, 0.05) is 64.6 Å². The van der Waals surface area contributed by atoms with E-state index in [1.165, 1.54) is 17.7 Å². The summed E-state index contributed by atoms with van der Waals surface area (Å²) in [5, 5.41) is 0. The van der Waals surface area contributed by atoms with Crippen molar-refractivity contribution in [2.75, 3.05) is 70.3 Å². The highest BCUT2D eigenvalue weighted by Crippen LogP contribution is 2.17. The minimum atomic E-state index is -0.218. The number of nitrogens with zero attached hydrogens (tertiary/aromatic N) is 4. The number of halogens is 1. The first-order valence-electron chi connectivity index (χ1n) is 11.1. The summed E-state index contributed by atoms with van der Waals surface area (Å²) in [6.07, 6.45) is 4.39. The Balaban J connectivity index is 1.16. The molecular weight excluding hydrogens is 391 g/mol. The normalized spacial score (nSPS) is 18.6. The van der Waals surface area contributed by atoms with Crippen LogP contribution < -0.4 is 4.90 Å². The Morgan fingerprint density at radius 1 is 0.806 bits per heavy atom. The van der Waals surface area contributed by atoms with Gasteiger partial charge in [-0.1, -0.05) is 42.5 Å². The second-order valence-corrected chi connectivity index (χ2v) is 8.23. The average Bonchev–Trinajstić information content (AvgIpc) is 2.81. The van der Waals surface area contributed by atoms with E-state index in [0.29, 0.717) is 6.54 Å². The highest BCUT2D eigenvalue weighted by atomic mass is 19.1. The van der Waals surface area contributed by atoms with E-state index in [0.717, 1.165) is 64.6 Å². The Bertz CT molecular complexity index is 855. The van der Waals surface area contributed by atoms with Crippen LogP contribution in [0, 0.1) is 5.82 Å². The van der Waals surface area contributed by atoms with Gasteiger partial charge in [-0.15, -0.1) is 0 Å². The van der Waals surface area contributed by atoms with E-state index in [9.17, 15) is 9.18 Å². The molecule has 0 N–H and O–H groups in total. The number of piperazine rings is 2. The van der Waals surface area contributed by atoms with Gasteiger partial charge >= 0.3 is 0 Å². The highest BCUT2D eigenvalue weighted by molar-refractivity contribution is 5.78. The summed E-state index contributed by atoms with van der Waals surface area (Å²) in [6.45, 7) is 8.32. The number of rotatable bonds is 6. The van der Waals surface area contributed by atoms with E-state index in [4.69, 9.17) is 0 Å². The van der Waals surface area contributed by atoms with Crippen molar-refractivity contribution in [3.05, 3.63) is 72.1 Å². The van der Waals surface area contributed by atoms with Gasteiger partial charge in [-0.05, 0) is 29.8 Å². The lowest BCUT2D eigenvalue weighted by Gasteiger charge is -2.38. The van der Waals surface area contributed by atoms with Gasteiger partial charge in [-0.2, -0.15) is 0 Å². The Kier molecular flexibility index (Phi) is 7.33. The van der Waals surface area contributed by atoms with Gasteiger partial charge in [0.25, 0.3) is 0 Å². The molecule has 2 aliphatic heterocycles. The third-order valence-corrected chi connectivity index (χ3v) is 6.12. The van der Waals surface area contributed by atoms with Crippen LogP contribution in [0.3, 0.4) is 0 Å². The number of carbonyl (C=O) groups excluding carboxylic acids is 1. The van der Waals surface area contributed by atoms with Crippen molar-refractivity contribution in [3.8, 4) is 0 Å². The number of benzene rings is 2. The lowest BCUT2D eigenvalue weighted by Crippen LogP contribution is -2.53. The van der Waals surface area contributed by atoms with E-state index in [2.05, 4.69) is 51.1 Å². The molecule has 5 nitrogen and oxygen atoms in total. The van der Waals surface area contributed by atoms with E-state index < -0.39 is 0 Å². The van der Waals surface area contributed by atoms with Crippen LogP contribution in [0.25, 0.3) is 6.08 Å². The molecule has 31 heavy (non-hydrogen) atoms. The van der Waals surface area contributed by atoms with Crippen LogP contribution in [0.5, 0.6) is 0 Å². The molecule has 0 unspecified atom stereocenters. The standard InChI is InChI=1S/C25H31FN4O/c26-23-8-10-24(11-9-23)29-17-19-30(20-18-29)25(31)21-28-15-13-27(14-16-28)12-4-7-22-5-2-1-3-6-22/h1-11H,12-21H2/b7-4+. The van der Waals surface area contributed by atoms with Crippen LogP contribution in [0.1, 0.15) is 5.56 Å². The summed E-state index contributed by atoms with van der Waals surface area (Å²) in [5.41, 5.74) is 2.25. The molecule has 2 saturated heterocycles. The first kappa shape index (κ1) is 21.5. The second kappa shape index (κ2) is 10.6. The molecule has 6 heteroatoms. The molecule has 0 radical (unpaired) electrons. The predicted molar refractivity (Wildman–Crippen MR) is 124 cm³/mol. The molecule has 0 atom stereocenters. The van der Waals surface area contributed by atoms with Gasteiger partial charge in [0.2, 0.25) is 5.91 Å². The van der Waals surface area contributed by atoms with Crippen molar-refractivity contribution in [1.82, 2.24) is 14.7 Å². The smallest absolute Gasteiger partial charge is 0.236 e. The average molecular weight is 423 g/mol. The molecule has 2 aromatic carbocycles. The summed E-state index contributed by atoms with van der Waals surface area (Å²) >= 11 is 0. The Morgan fingerprint density at radius 3 is 2.13 bits per heavy atom. The largest absolute Gasteiger partial charge is 0.368 e. The fourth-order valence-corrected chi connectivity index (χ4v) is 4.19. The van der Waals surface area contributed by atoms with Gasteiger partial charge in [0.05, 0.1) is 6.54 Å². The number of hydrogen-bond donors (Lipinski definition) is 0. The monoisotopic (exact) mass is 422 g/mol. The summed E-state index contributed by atoms with van der Waals surface area (Å²) in [5.74, 6) is 0.000979. The third-order valence-electron chi connectivity index (χ3n) is 6.12. The van der Waals surface area contributed by atoms with Crippen molar-refractivity contribution < 1.29 is 9.18 Å². The van der Waals surface area contributed by atoms with Crippen LogP contribution in [-0.2, 0) is 4.79 Å². The Hall–Kier alpha value is -2.70. The zero-order chi connectivity index (χ0) is 21.5. The van der Waals surface area contributed by atoms with Crippen LogP contribution in [-0.4, -0.2) is 86.1 Å². The lowest BCUT2D eigenvalue weighted by molar-refractivity contribution is -0.133. The van der Waals surface area contributed by atoms with Gasteiger partial charge in [0.15, 0.2) is 0 Å². The molecule has 0 bridgehead atoms. The quantitative estimate of drug-likeness (QED) is 0.716. The number of amides is 1. The van der Waals surface area contributed by atoms with E-state index in [-0.39, 0.29) is 11.7 Å². The zero-order valence-corrected chi connectivity index (χ0v) is 18.0. The Morgan fingerprint density at radius 2 is 1.45 bits per heavy atom. The topological polar surface area (TPSA) is 30.0 Å². The molecule has 164 valence electrons. The van der Waals surface area contributed by atoms with Crippen molar-refractivity contribution in [2.45, 2.75) is 0 Å². The van der Waals surface area contributed by atoms with Crippen LogP contribution in [0.15, 0.2) is 60.7 Å². The molecule has 1 amide bonds. The van der Waals surface area contributed by atoms with Crippen molar-refractivity contribution in [2.24, 2.45) is 0 Å². The lowest BCUT2D eigenvalue weighted by atomic mass is 10.2. The van der Waals surface area contributed by atoms with E-state index >= 15 is 0 Å². The minimum absolute atomic E-state index is 0.218. The maximum absolute atomic E-state index is 13.1. The second-order valence-electron chi connectivity index (χ2n) is 8.23. The van der Waals surface area contributed by atoms with Crippen molar-refractivity contribution >= 4 is 17.7 Å². The molecule has 4 rings (SSSR count). The molecule has 0 spiro atoms. The van der Waals surface area contributed by atoms with E-state index in [1.807, 2.05) is 11.0 Å². The highest BCUT2D eigenvalue weighted by Gasteiger charge is 2.24. The molecule has 0 aromatic heterocycles. The summed E-state index contributed by atoms with van der Waals surface area (Å²) in [4.78, 5) is 21.6. The van der Waals surface area contributed by atoms with Crippen molar-refractivity contribution in [1.29, 1.82) is 0 Å². The molecular formula is C25H31FN4O. The fraction of sp³-hybridized carbons (Fsp3) is 0.400. The number of hydrogen-bond acceptors (Lipinski definition) is 4. The number of carbonyl (C=O) groups is 1. The summed E-state index contributed by atoms with van der Waals surface area (Å²) < 4.78 is 13.1.